The van der Waals surface area contributed by atoms with Crippen molar-refractivity contribution in [3.8, 4) is 0 Å². The van der Waals surface area contributed by atoms with Crippen molar-refractivity contribution in [2.24, 2.45) is 0 Å². The Morgan fingerprint density at radius 2 is 0.625 bits per heavy atom. The number of rotatable bonds is 0. The van der Waals surface area contributed by atoms with Crippen LogP contribution in [0.5, 0.6) is 0 Å². The zero-order valence-electron chi connectivity index (χ0n) is 5.45. The summed E-state index contributed by atoms with van der Waals surface area (Å²) in [5.74, 6) is 0. The smallest absolute Gasteiger partial charge is 0.346 e. The fourth-order valence-corrected chi connectivity index (χ4v) is 0. The van der Waals surface area contributed by atoms with Crippen LogP contribution in [0.25, 0.3) is 0 Å². The summed E-state index contributed by atoms with van der Waals surface area (Å²) < 4.78 is 0. The molecular formula is C6H19IrSi. The van der Waals surface area contributed by atoms with E-state index in [1.54, 1.807) is 20.8 Å². The van der Waals surface area contributed by atoms with E-state index in [0.717, 1.165) is 0 Å². The topological polar surface area (TPSA) is 0 Å². The van der Waals surface area contributed by atoms with Crippen molar-refractivity contribution < 1.29 is 20.1 Å². The third-order valence-electron chi connectivity index (χ3n) is 0. The van der Waals surface area contributed by atoms with Gasteiger partial charge in [-0.3, -0.25) is 0 Å². The van der Waals surface area contributed by atoms with E-state index in [1.807, 2.05) is 0 Å². The van der Waals surface area contributed by atoms with Gasteiger partial charge in [-0.05, 0) is 11.0 Å². The summed E-state index contributed by atoms with van der Waals surface area (Å²) in [6, 6.07) is 0. The van der Waals surface area contributed by atoms with Crippen molar-refractivity contribution in [1.29, 1.82) is 0 Å². The predicted octanol–water partition coefficient (Wildman–Crippen LogP) is 1.07. The van der Waals surface area contributed by atoms with E-state index in [-0.39, 0.29) is 31.1 Å². The van der Waals surface area contributed by atoms with Gasteiger partial charge in [-0.2, -0.15) is 20.8 Å². The first-order valence-corrected chi connectivity index (χ1v) is 2.12. The van der Waals surface area contributed by atoms with Gasteiger partial charge in [-0.25, -0.2) is 0 Å². The van der Waals surface area contributed by atoms with E-state index < -0.39 is 0 Å². The Bertz CT molecular complexity index is 8.49. The largest absolute Gasteiger partial charge is 3.00 e. The van der Waals surface area contributed by atoms with E-state index in [1.165, 1.54) is 0 Å². The van der Waals surface area contributed by atoms with E-state index in [4.69, 9.17) is 0 Å². The summed E-state index contributed by atoms with van der Waals surface area (Å²) in [5.41, 5.74) is 0. The Morgan fingerprint density at radius 1 is 0.625 bits per heavy atom. The average Bonchev–Trinajstić information content (AvgIpc) is 1.81. The fourth-order valence-electron chi connectivity index (χ4n) is 0. The molecule has 0 aliphatic rings. The van der Waals surface area contributed by atoms with Gasteiger partial charge in [-0.15, -0.1) is 0 Å². The molecule has 56 valence electrons. The van der Waals surface area contributed by atoms with Gasteiger partial charge in [0.2, 0.25) is 0 Å². The maximum atomic E-state index is 3.25. The third-order valence-corrected chi connectivity index (χ3v) is 0. The first kappa shape index (κ1) is 36.7. The fraction of sp³-hybridized carbons (Fsp3) is 0.500. The van der Waals surface area contributed by atoms with Crippen LogP contribution in [-0.4, -0.2) is 11.0 Å². The molecule has 0 N–H and O–H groups in total. The van der Waals surface area contributed by atoms with Gasteiger partial charge in [-0.1, -0.05) is 0 Å². The van der Waals surface area contributed by atoms with E-state index >= 15 is 0 Å². The molecule has 0 rings (SSSR count). The Labute approximate surface area is 72.8 Å². The van der Waals surface area contributed by atoms with E-state index in [2.05, 4.69) is 20.8 Å². The summed E-state index contributed by atoms with van der Waals surface area (Å²) in [6.45, 7) is 15.0. The molecule has 0 aromatic heterocycles. The molecular weight excluding hydrogens is 292 g/mol. The summed E-state index contributed by atoms with van der Waals surface area (Å²) in [7, 11) is 0. The number of hydrogen-bond donors (Lipinski definition) is 0. The van der Waals surface area contributed by atoms with Crippen LogP contribution in [0, 0.1) is 20.8 Å². The molecule has 0 aromatic rings. The normalized spacial score (nSPS) is 2.25. The standard InChI is InChI=1S/3C2H5.Ir.H4Si/c3*1-2;;/h3*1H2,2H3;;1H4/q3*-1;+3;. The van der Waals surface area contributed by atoms with Crippen LogP contribution in [-0.2, 0) is 20.1 Å². The first-order valence-electron chi connectivity index (χ1n) is 2.12. The van der Waals surface area contributed by atoms with Crippen molar-refractivity contribution in [3.05, 3.63) is 20.8 Å². The molecule has 0 radical (unpaired) electrons. The van der Waals surface area contributed by atoms with Crippen molar-refractivity contribution in [2.45, 2.75) is 20.8 Å². The second kappa shape index (κ2) is 494. The Morgan fingerprint density at radius 3 is 0.625 bits per heavy atom. The second-order valence-electron chi connectivity index (χ2n) is 0. The molecule has 8 heavy (non-hydrogen) atoms. The van der Waals surface area contributed by atoms with Gasteiger partial charge in [0, 0.05) is 0 Å². The molecule has 0 aliphatic carbocycles. The van der Waals surface area contributed by atoms with Crippen LogP contribution < -0.4 is 0 Å². The maximum absolute atomic E-state index is 3.25. The Hall–Kier alpha value is 0.866. The van der Waals surface area contributed by atoms with Crippen LogP contribution >= 0.6 is 0 Å². The summed E-state index contributed by atoms with van der Waals surface area (Å²) in [6.07, 6.45) is 0. The van der Waals surface area contributed by atoms with Crippen LogP contribution in [0.3, 0.4) is 0 Å². The van der Waals surface area contributed by atoms with Crippen LogP contribution in [0.2, 0.25) is 0 Å². The third kappa shape index (κ3) is 315. The molecule has 0 aromatic carbocycles. The molecule has 0 heterocycles. The summed E-state index contributed by atoms with van der Waals surface area (Å²) in [4.78, 5) is 0. The van der Waals surface area contributed by atoms with Gasteiger partial charge in [0.15, 0.2) is 0 Å². The molecule has 0 unspecified atom stereocenters. The average molecular weight is 312 g/mol. The van der Waals surface area contributed by atoms with Crippen molar-refractivity contribution in [3.63, 3.8) is 0 Å². The van der Waals surface area contributed by atoms with Gasteiger partial charge < -0.3 is 20.8 Å². The van der Waals surface area contributed by atoms with Crippen LogP contribution in [0.15, 0.2) is 0 Å². The van der Waals surface area contributed by atoms with E-state index in [0.29, 0.717) is 0 Å². The molecule has 0 fully saturated rings. The quantitative estimate of drug-likeness (QED) is 0.464. The van der Waals surface area contributed by atoms with Gasteiger partial charge in [0.1, 0.15) is 0 Å². The van der Waals surface area contributed by atoms with Gasteiger partial charge in [0.05, 0.1) is 0 Å². The minimum atomic E-state index is 0. The van der Waals surface area contributed by atoms with E-state index in [9.17, 15) is 0 Å². The minimum Gasteiger partial charge on any atom is -0.346 e. The first-order chi connectivity index (χ1) is 3.00. The van der Waals surface area contributed by atoms with Crippen LogP contribution in [0.4, 0.5) is 0 Å². The summed E-state index contributed by atoms with van der Waals surface area (Å²) in [5, 5.41) is 0. The zero-order valence-corrected chi connectivity index (χ0v) is 7.85. The van der Waals surface area contributed by atoms with Crippen molar-refractivity contribution in [1.82, 2.24) is 0 Å². The molecule has 0 spiro atoms. The zero-order chi connectivity index (χ0) is 6.00. The minimum absolute atomic E-state index is 0. The van der Waals surface area contributed by atoms with Crippen molar-refractivity contribution in [2.75, 3.05) is 0 Å². The Balaban J connectivity index is -0.00000000500. The molecule has 2 heteroatoms. The molecule has 0 saturated carbocycles. The molecule has 0 atom stereocenters. The monoisotopic (exact) mass is 312 g/mol. The predicted molar refractivity (Wildman–Crippen MR) is 44.4 cm³/mol. The molecule has 0 saturated heterocycles. The maximum Gasteiger partial charge on any atom is 3.00 e. The molecule has 0 amide bonds. The molecule has 0 aliphatic heterocycles. The molecule has 0 nitrogen and oxygen atoms in total. The van der Waals surface area contributed by atoms with Crippen LogP contribution in [0.1, 0.15) is 20.8 Å². The van der Waals surface area contributed by atoms with Crippen molar-refractivity contribution >= 4 is 11.0 Å². The van der Waals surface area contributed by atoms with Gasteiger partial charge >= 0.3 is 20.1 Å². The second-order valence-corrected chi connectivity index (χ2v) is 0. The summed E-state index contributed by atoms with van der Waals surface area (Å²) >= 11 is 0. The van der Waals surface area contributed by atoms with Gasteiger partial charge in [0.25, 0.3) is 0 Å². The SMILES string of the molecule is [CH2-]C.[CH2-]C.[CH2-]C.[Ir+3].[SiH4]. The number of hydrogen-bond acceptors (Lipinski definition) is 0. The Kier molecular flexibility index (Phi) is 2270. The molecule has 0 bridgehead atoms.